The van der Waals surface area contributed by atoms with Crippen molar-refractivity contribution >= 4 is 11.6 Å². The number of halogens is 1. The van der Waals surface area contributed by atoms with Gasteiger partial charge in [0, 0.05) is 25.9 Å². The van der Waals surface area contributed by atoms with Crippen LogP contribution in [0.1, 0.15) is 67.2 Å². The zero-order chi connectivity index (χ0) is 34.5. The molecule has 9 heteroatoms. The van der Waals surface area contributed by atoms with Gasteiger partial charge in [-0.1, -0.05) is 66.7 Å². The summed E-state index contributed by atoms with van der Waals surface area (Å²) in [5.41, 5.74) is 10.1. The minimum Gasteiger partial charge on any atom is -0.497 e. The first-order valence-corrected chi connectivity index (χ1v) is 16.4. The van der Waals surface area contributed by atoms with Crippen molar-refractivity contribution in [2.75, 3.05) is 32.9 Å². The number of nitrogens with zero attached hydrogens (tertiary/aromatic N) is 1. The molecule has 0 bridgehead atoms. The lowest BCUT2D eigenvalue weighted by Gasteiger charge is -2.36. The molecule has 4 N–H and O–H groups in total. The maximum Gasteiger partial charge on any atom is 0.228 e. The summed E-state index contributed by atoms with van der Waals surface area (Å²) in [5.74, 6) is -0.397. The highest BCUT2D eigenvalue weighted by molar-refractivity contribution is 5.80. The number of hydrogen-bond acceptors (Lipinski definition) is 7. The lowest BCUT2D eigenvalue weighted by molar-refractivity contribution is -0.139. The van der Waals surface area contributed by atoms with Crippen LogP contribution in [-0.4, -0.2) is 49.5 Å². The largest absolute Gasteiger partial charge is 0.497 e. The smallest absolute Gasteiger partial charge is 0.228 e. The highest BCUT2D eigenvalue weighted by Gasteiger charge is 2.36. The Labute approximate surface area is 283 Å². The molecular weight excluding hydrogens is 609 g/mol. The minimum atomic E-state index is -0.890. The van der Waals surface area contributed by atoms with Crippen LogP contribution in [0.15, 0.2) is 103 Å². The molecule has 1 unspecified atom stereocenters. The summed E-state index contributed by atoms with van der Waals surface area (Å²) in [4.78, 5) is 16.4. The Morgan fingerprint density at radius 2 is 1.54 bits per heavy atom. The number of carbonyl (C=O) groups is 1. The van der Waals surface area contributed by atoms with Crippen molar-refractivity contribution in [3.63, 3.8) is 0 Å². The van der Waals surface area contributed by atoms with Gasteiger partial charge in [-0.15, -0.1) is 0 Å². The van der Waals surface area contributed by atoms with Crippen LogP contribution in [0.5, 0.6) is 5.75 Å². The van der Waals surface area contributed by atoms with E-state index in [4.69, 9.17) is 19.9 Å². The molecule has 0 radical (unpaired) electrons. The average molecular weight is 658 g/mol. The second-order valence-corrected chi connectivity index (χ2v) is 11.8. The van der Waals surface area contributed by atoms with Gasteiger partial charge in [-0.2, -0.15) is 0 Å². The predicted octanol–water partition coefficient (Wildman–Crippen LogP) is 7.18. The molecular formula is C39H48FN3O5. The Balaban J connectivity index is 1.73. The van der Waals surface area contributed by atoms with Crippen molar-refractivity contribution < 1.29 is 28.5 Å². The molecule has 1 amide bonds. The van der Waals surface area contributed by atoms with Crippen LogP contribution in [-0.2, 0) is 20.8 Å². The van der Waals surface area contributed by atoms with Crippen molar-refractivity contribution in [2.24, 2.45) is 11.7 Å². The number of rotatable bonds is 18. The number of nitrogens with one attached hydrogen (secondary N) is 1. The van der Waals surface area contributed by atoms with Gasteiger partial charge >= 0.3 is 0 Å². The molecule has 0 aliphatic heterocycles. The second kappa shape index (κ2) is 18.3. The van der Waals surface area contributed by atoms with E-state index in [1.807, 2.05) is 92.7 Å². The molecule has 4 rings (SSSR count). The van der Waals surface area contributed by atoms with Crippen molar-refractivity contribution in [2.45, 2.75) is 57.5 Å². The number of likely N-dealkylation sites (N-methyl/N-ethyl adjacent to an activating group) is 1. The predicted molar refractivity (Wildman–Crippen MR) is 187 cm³/mol. The number of benzene rings is 4. The Morgan fingerprint density at radius 1 is 0.896 bits per heavy atom. The number of ether oxygens (including phenoxy) is 3. The van der Waals surface area contributed by atoms with Crippen molar-refractivity contribution in [1.82, 2.24) is 4.90 Å². The van der Waals surface area contributed by atoms with Gasteiger partial charge in [0.1, 0.15) is 18.4 Å². The highest BCUT2D eigenvalue weighted by Crippen LogP contribution is 2.36. The van der Waals surface area contributed by atoms with E-state index in [0.717, 1.165) is 27.9 Å². The SMILES string of the molecule is CCOCO[C@@H](CC[C@@H](C(=O)N(C)[C@@H](C)[C@@H](O)c1ccccc1)C(Nc1ccc(CN)cc1)c1ccc(OC)cc1)c1ccc(F)cc1. The number of aliphatic hydroxyl groups is 1. The first kappa shape index (κ1) is 36.6. The maximum absolute atomic E-state index is 14.7. The molecule has 0 spiro atoms. The van der Waals surface area contributed by atoms with E-state index >= 15 is 0 Å². The molecule has 0 saturated heterocycles. The van der Waals surface area contributed by atoms with Gasteiger partial charge < -0.3 is 35.3 Å². The molecule has 0 aromatic heterocycles. The normalized spacial score (nSPS) is 14.4. The lowest BCUT2D eigenvalue weighted by Crippen LogP contribution is -2.45. The standard InChI is InChI=1S/C39H48FN3O5/c1-5-47-26-48-36(29-13-17-32(40)18-14-29)24-23-35(39(45)43(3)27(2)38(44)31-9-7-6-8-10-31)37(30-15-21-34(46-4)22-16-30)42-33-19-11-28(25-41)12-20-33/h6-22,27,35-38,42,44H,5,23-26,41H2,1-4H3/t27-,35+,36-,37?,38+/m0/s1. The molecule has 256 valence electrons. The Morgan fingerprint density at radius 3 is 2.15 bits per heavy atom. The first-order valence-electron chi connectivity index (χ1n) is 16.4. The summed E-state index contributed by atoms with van der Waals surface area (Å²) in [6, 6.07) is 30.0. The van der Waals surface area contributed by atoms with Crippen LogP contribution >= 0.6 is 0 Å². The van der Waals surface area contributed by atoms with Gasteiger partial charge in [0.2, 0.25) is 5.91 Å². The summed E-state index contributed by atoms with van der Waals surface area (Å²) >= 11 is 0. The van der Waals surface area contributed by atoms with Gasteiger partial charge in [-0.05, 0) is 85.3 Å². The van der Waals surface area contributed by atoms with Crippen molar-refractivity contribution in [3.05, 3.63) is 131 Å². The maximum atomic E-state index is 14.7. The van der Waals surface area contributed by atoms with Crippen LogP contribution < -0.4 is 15.8 Å². The summed E-state index contributed by atoms with van der Waals surface area (Å²) < 4.78 is 31.0. The lowest BCUT2D eigenvalue weighted by atomic mass is 9.85. The second-order valence-electron chi connectivity index (χ2n) is 11.8. The minimum absolute atomic E-state index is 0.0605. The van der Waals surface area contributed by atoms with Crippen LogP contribution in [0.25, 0.3) is 0 Å². The number of anilines is 1. The van der Waals surface area contributed by atoms with E-state index in [9.17, 15) is 14.3 Å². The molecule has 0 fully saturated rings. The fourth-order valence-electron chi connectivity index (χ4n) is 5.75. The van der Waals surface area contributed by atoms with Gasteiger partial charge in [0.15, 0.2) is 0 Å². The highest BCUT2D eigenvalue weighted by atomic mass is 19.1. The molecule has 0 heterocycles. The molecule has 0 saturated carbocycles. The molecule has 8 nitrogen and oxygen atoms in total. The number of carbonyl (C=O) groups excluding carboxylic acids is 1. The molecule has 0 aliphatic carbocycles. The summed E-state index contributed by atoms with van der Waals surface area (Å²) in [7, 11) is 3.35. The van der Waals surface area contributed by atoms with Gasteiger partial charge in [0.25, 0.3) is 0 Å². The number of aliphatic hydroxyl groups excluding tert-OH is 1. The molecule has 4 aromatic carbocycles. The zero-order valence-corrected chi connectivity index (χ0v) is 28.2. The van der Waals surface area contributed by atoms with Gasteiger partial charge in [0.05, 0.1) is 37.3 Å². The molecule has 0 aliphatic rings. The van der Waals surface area contributed by atoms with E-state index in [2.05, 4.69) is 5.32 Å². The monoisotopic (exact) mass is 657 g/mol. The molecule has 48 heavy (non-hydrogen) atoms. The topological polar surface area (TPSA) is 106 Å². The number of nitrogens with two attached hydrogens (primary N) is 1. The summed E-state index contributed by atoms with van der Waals surface area (Å²) in [6.45, 7) is 4.70. The van der Waals surface area contributed by atoms with E-state index < -0.39 is 30.2 Å². The average Bonchev–Trinajstić information content (AvgIpc) is 3.13. The Kier molecular flexibility index (Phi) is 13.9. The molecule has 5 atom stereocenters. The first-order chi connectivity index (χ1) is 23.2. The quantitative estimate of drug-likeness (QED) is 0.0769. The number of hydrogen-bond donors (Lipinski definition) is 3. The van der Waals surface area contributed by atoms with E-state index in [0.29, 0.717) is 31.7 Å². The third-order valence-corrected chi connectivity index (χ3v) is 8.80. The fraction of sp³-hybridized carbons (Fsp3) is 0.359. The van der Waals surface area contributed by atoms with Gasteiger partial charge in [-0.25, -0.2) is 4.39 Å². The third kappa shape index (κ3) is 9.87. The zero-order valence-electron chi connectivity index (χ0n) is 28.2. The van der Waals surface area contributed by atoms with Crippen LogP contribution in [0.3, 0.4) is 0 Å². The Bertz CT molecular complexity index is 1520. The van der Waals surface area contributed by atoms with Crippen molar-refractivity contribution in [3.8, 4) is 5.75 Å². The van der Waals surface area contributed by atoms with Crippen LogP contribution in [0.2, 0.25) is 0 Å². The van der Waals surface area contributed by atoms with E-state index in [1.54, 1.807) is 31.2 Å². The van der Waals surface area contributed by atoms with Crippen LogP contribution in [0.4, 0.5) is 10.1 Å². The summed E-state index contributed by atoms with van der Waals surface area (Å²) in [5, 5.41) is 14.9. The summed E-state index contributed by atoms with van der Waals surface area (Å²) in [6.07, 6.45) is -0.501. The number of amides is 1. The third-order valence-electron chi connectivity index (χ3n) is 8.80. The number of methoxy groups -OCH3 is 1. The van der Waals surface area contributed by atoms with Crippen LogP contribution in [0, 0.1) is 11.7 Å². The van der Waals surface area contributed by atoms with E-state index in [1.165, 1.54) is 12.1 Å². The fourth-order valence-corrected chi connectivity index (χ4v) is 5.75. The van der Waals surface area contributed by atoms with Gasteiger partial charge in [-0.3, -0.25) is 4.79 Å². The van der Waals surface area contributed by atoms with E-state index in [-0.39, 0.29) is 18.5 Å². The Hall–Kier alpha value is -4.28. The molecule has 4 aromatic rings. The van der Waals surface area contributed by atoms with Crippen molar-refractivity contribution in [1.29, 1.82) is 0 Å².